The molecule has 0 bridgehead atoms. The van der Waals surface area contributed by atoms with Crippen LogP contribution in [0, 0.1) is 23.0 Å². The fourth-order valence-electron chi connectivity index (χ4n) is 4.28. The average molecular weight is 388 g/mol. The van der Waals surface area contributed by atoms with Crippen LogP contribution in [0.25, 0.3) is 0 Å². The first kappa shape index (κ1) is 20.3. The summed E-state index contributed by atoms with van der Waals surface area (Å²) in [5, 5.41) is 14.2. The Balaban J connectivity index is 1.69. The van der Waals surface area contributed by atoms with Crippen molar-refractivity contribution < 1.29 is 14.5 Å². The molecule has 2 aliphatic heterocycles. The number of hydrogen-bond donors (Lipinski definition) is 1. The average Bonchev–Trinajstić information content (AvgIpc) is 3.17. The van der Waals surface area contributed by atoms with Crippen molar-refractivity contribution in [3.8, 4) is 0 Å². The quantitative estimate of drug-likeness (QED) is 0.615. The molecule has 3 rings (SSSR count). The number of carbonyl (C=O) groups is 2. The zero-order chi connectivity index (χ0) is 20.3. The van der Waals surface area contributed by atoms with Gasteiger partial charge in [0, 0.05) is 36.8 Å². The van der Waals surface area contributed by atoms with E-state index < -0.39 is 11.0 Å². The summed E-state index contributed by atoms with van der Waals surface area (Å²) in [4.78, 5) is 40.1. The Morgan fingerprint density at radius 1 is 1.21 bits per heavy atom. The maximum Gasteiger partial charge on any atom is 0.272 e. The third-order valence-corrected chi connectivity index (χ3v) is 5.86. The van der Waals surface area contributed by atoms with Gasteiger partial charge in [-0.1, -0.05) is 0 Å². The summed E-state index contributed by atoms with van der Waals surface area (Å²) in [7, 11) is 1.94. The van der Waals surface area contributed by atoms with E-state index in [-0.39, 0.29) is 17.5 Å². The molecule has 1 aromatic rings. The van der Waals surface area contributed by atoms with Gasteiger partial charge in [-0.15, -0.1) is 0 Å². The first-order chi connectivity index (χ1) is 13.4. The van der Waals surface area contributed by atoms with E-state index in [9.17, 15) is 19.7 Å². The number of aryl methyl sites for hydroxylation is 1. The summed E-state index contributed by atoms with van der Waals surface area (Å²) in [5.74, 6) is 0.407. The summed E-state index contributed by atoms with van der Waals surface area (Å²) in [6.07, 6.45) is 3.43. The third kappa shape index (κ3) is 4.16. The molecule has 1 atom stereocenters. The van der Waals surface area contributed by atoms with Gasteiger partial charge in [0.25, 0.3) is 11.6 Å². The van der Waals surface area contributed by atoms with Crippen LogP contribution in [-0.2, 0) is 4.79 Å². The van der Waals surface area contributed by atoms with Crippen LogP contribution in [0.2, 0.25) is 0 Å². The molecule has 0 aliphatic carbocycles. The zero-order valence-corrected chi connectivity index (χ0v) is 16.5. The molecule has 2 heterocycles. The Morgan fingerprint density at radius 2 is 1.93 bits per heavy atom. The minimum absolute atomic E-state index is 0.00459. The maximum atomic E-state index is 13.0. The summed E-state index contributed by atoms with van der Waals surface area (Å²) in [5.41, 5.74) is 0.843. The molecule has 8 nitrogen and oxygen atoms in total. The van der Waals surface area contributed by atoms with E-state index >= 15 is 0 Å². The van der Waals surface area contributed by atoms with Gasteiger partial charge in [-0.05, 0) is 64.3 Å². The monoisotopic (exact) mass is 388 g/mol. The Labute approximate surface area is 165 Å². The molecule has 1 aromatic carbocycles. The Kier molecular flexibility index (Phi) is 6.28. The molecule has 0 spiro atoms. The van der Waals surface area contributed by atoms with Gasteiger partial charge < -0.3 is 15.1 Å². The normalized spacial score (nSPS) is 20.4. The molecule has 1 unspecified atom stereocenters. The highest BCUT2D eigenvalue weighted by Gasteiger charge is 2.38. The molecular weight excluding hydrogens is 360 g/mol. The van der Waals surface area contributed by atoms with E-state index in [0.29, 0.717) is 30.0 Å². The molecule has 2 amide bonds. The first-order valence-corrected chi connectivity index (χ1v) is 9.91. The number of hydrogen-bond acceptors (Lipinski definition) is 5. The summed E-state index contributed by atoms with van der Waals surface area (Å²) >= 11 is 0. The molecule has 2 aliphatic rings. The highest BCUT2D eigenvalue weighted by Crippen LogP contribution is 2.26. The Bertz CT molecular complexity index is 759. The minimum Gasteiger partial charge on any atom is -0.341 e. The smallest absolute Gasteiger partial charge is 0.272 e. The van der Waals surface area contributed by atoms with Crippen molar-refractivity contribution in [1.29, 1.82) is 0 Å². The summed E-state index contributed by atoms with van der Waals surface area (Å²) < 4.78 is 0. The highest BCUT2D eigenvalue weighted by molar-refractivity contribution is 5.98. The molecule has 2 fully saturated rings. The second-order valence-electron chi connectivity index (χ2n) is 7.74. The number of rotatable bonds is 5. The van der Waals surface area contributed by atoms with Crippen molar-refractivity contribution in [2.75, 3.05) is 33.2 Å². The topological polar surface area (TPSA) is 95.8 Å². The highest BCUT2D eigenvalue weighted by atomic mass is 16.6. The van der Waals surface area contributed by atoms with Crippen LogP contribution in [0.5, 0.6) is 0 Å². The Hall–Kier alpha value is -2.48. The second kappa shape index (κ2) is 8.68. The standard InChI is InChI=1S/C20H28N4O4/c1-14-12-16(5-6-17(14)24(27)28)19(25)23-9-3-4-18(23)20(26)22-10-7-15(8-11-22)13-21-2/h5-6,12,15,18,21H,3-4,7-11,13H2,1-2H3. The molecule has 0 radical (unpaired) electrons. The van der Waals surface area contributed by atoms with E-state index in [1.165, 1.54) is 12.1 Å². The molecule has 0 saturated carbocycles. The number of nitro benzene ring substituents is 1. The lowest BCUT2D eigenvalue weighted by molar-refractivity contribution is -0.385. The van der Waals surface area contributed by atoms with Crippen molar-refractivity contribution in [1.82, 2.24) is 15.1 Å². The van der Waals surface area contributed by atoms with E-state index in [0.717, 1.165) is 38.9 Å². The summed E-state index contributed by atoms with van der Waals surface area (Å²) in [6, 6.07) is 3.96. The summed E-state index contributed by atoms with van der Waals surface area (Å²) in [6.45, 7) is 4.61. The lowest BCUT2D eigenvalue weighted by atomic mass is 9.96. The van der Waals surface area contributed by atoms with Crippen molar-refractivity contribution in [3.05, 3.63) is 39.4 Å². The van der Waals surface area contributed by atoms with Gasteiger partial charge in [-0.2, -0.15) is 0 Å². The number of piperidine rings is 1. The van der Waals surface area contributed by atoms with Crippen LogP contribution in [0.15, 0.2) is 18.2 Å². The third-order valence-electron chi connectivity index (χ3n) is 5.86. The predicted octanol–water partition coefficient (Wildman–Crippen LogP) is 1.97. The number of nitrogens with zero attached hydrogens (tertiary/aromatic N) is 3. The van der Waals surface area contributed by atoms with E-state index in [2.05, 4.69) is 5.32 Å². The van der Waals surface area contributed by atoms with Crippen LogP contribution in [-0.4, -0.2) is 65.8 Å². The van der Waals surface area contributed by atoms with Gasteiger partial charge in [-0.25, -0.2) is 0 Å². The van der Waals surface area contributed by atoms with E-state index in [4.69, 9.17) is 0 Å². The molecule has 8 heteroatoms. The molecule has 1 N–H and O–H groups in total. The fourth-order valence-corrected chi connectivity index (χ4v) is 4.28. The van der Waals surface area contributed by atoms with Crippen LogP contribution < -0.4 is 5.32 Å². The SMILES string of the molecule is CNCC1CCN(C(=O)C2CCCN2C(=O)c2ccc([N+](=O)[O-])c(C)c2)CC1. The molecule has 0 aromatic heterocycles. The predicted molar refractivity (Wildman–Crippen MR) is 105 cm³/mol. The van der Waals surface area contributed by atoms with Gasteiger partial charge in [0.15, 0.2) is 0 Å². The van der Waals surface area contributed by atoms with Crippen LogP contribution in [0.1, 0.15) is 41.6 Å². The van der Waals surface area contributed by atoms with Gasteiger partial charge >= 0.3 is 0 Å². The van der Waals surface area contributed by atoms with Crippen LogP contribution >= 0.6 is 0 Å². The number of carbonyl (C=O) groups excluding carboxylic acids is 2. The molecule has 152 valence electrons. The fraction of sp³-hybridized carbons (Fsp3) is 0.600. The lowest BCUT2D eigenvalue weighted by Gasteiger charge is -2.35. The molecule has 28 heavy (non-hydrogen) atoms. The number of amides is 2. The van der Waals surface area contributed by atoms with Crippen molar-refractivity contribution in [3.63, 3.8) is 0 Å². The molecule has 2 saturated heterocycles. The first-order valence-electron chi connectivity index (χ1n) is 9.91. The largest absolute Gasteiger partial charge is 0.341 e. The van der Waals surface area contributed by atoms with Gasteiger partial charge in [-0.3, -0.25) is 19.7 Å². The van der Waals surface area contributed by atoms with Crippen molar-refractivity contribution in [2.24, 2.45) is 5.92 Å². The van der Waals surface area contributed by atoms with Gasteiger partial charge in [0.05, 0.1) is 4.92 Å². The zero-order valence-electron chi connectivity index (χ0n) is 16.5. The molecular formula is C20H28N4O4. The number of benzene rings is 1. The van der Waals surface area contributed by atoms with Gasteiger partial charge in [0.2, 0.25) is 5.91 Å². The maximum absolute atomic E-state index is 13.0. The Morgan fingerprint density at radius 3 is 2.54 bits per heavy atom. The number of nitro groups is 1. The van der Waals surface area contributed by atoms with Crippen molar-refractivity contribution >= 4 is 17.5 Å². The van der Waals surface area contributed by atoms with Crippen LogP contribution in [0.4, 0.5) is 5.69 Å². The van der Waals surface area contributed by atoms with E-state index in [1.807, 2.05) is 11.9 Å². The van der Waals surface area contributed by atoms with Gasteiger partial charge in [0.1, 0.15) is 6.04 Å². The number of likely N-dealkylation sites (tertiary alicyclic amines) is 2. The second-order valence-corrected chi connectivity index (χ2v) is 7.74. The van der Waals surface area contributed by atoms with Crippen LogP contribution in [0.3, 0.4) is 0 Å². The van der Waals surface area contributed by atoms with Crippen molar-refractivity contribution in [2.45, 2.75) is 38.6 Å². The van der Waals surface area contributed by atoms with E-state index in [1.54, 1.807) is 17.9 Å². The number of nitrogens with one attached hydrogen (secondary N) is 1. The lowest BCUT2D eigenvalue weighted by Crippen LogP contribution is -2.50. The minimum atomic E-state index is -0.455.